The zero-order valence-electron chi connectivity index (χ0n) is 17.7. The average molecular weight is 445 g/mol. The van der Waals surface area contributed by atoms with E-state index in [9.17, 15) is 29.3 Å². The Hall–Kier alpha value is -3.76. The van der Waals surface area contributed by atoms with Crippen LogP contribution in [0.15, 0.2) is 24.3 Å². The molecule has 1 aromatic rings. The van der Waals surface area contributed by atoms with E-state index in [1.165, 1.54) is 19.2 Å². The quantitative estimate of drug-likeness (QED) is 0.209. The number of amides is 3. The summed E-state index contributed by atoms with van der Waals surface area (Å²) in [5.41, 5.74) is 0.466. The number of carbonyl (C=O) groups is 4. The summed E-state index contributed by atoms with van der Waals surface area (Å²) in [4.78, 5) is 60.5. The van der Waals surface area contributed by atoms with Crippen molar-refractivity contribution in [3.63, 3.8) is 0 Å². The number of benzene rings is 1. The molecule has 2 unspecified atom stereocenters. The summed E-state index contributed by atoms with van der Waals surface area (Å²) in [7, 11) is 1.27. The molecule has 0 spiro atoms. The van der Waals surface area contributed by atoms with Crippen LogP contribution in [-0.2, 0) is 23.9 Å². The van der Waals surface area contributed by atoms with Crippen LogP contribution in [-0.4, -0.2) is 53.8 Å². The molecule has 3 amide bonds. The zero-order valence-corrected chi connectivity index (χ0v) is 17.7. The van der Waals surface area contributed by atoms with Crippen LogP contribution in [0.5, 0.6) is 5.75 Å². The monoisotopic (exact) mass is 445 g/mol. The van der Waals surface area contributed by atoms with Gasteiger partial charge in [-0.1, -0.05) is 12.2 Å². The largest absolute Gasteiger partial charge is 0.490 e. The van der Waals surface area contributed by atoms with Gasteiger partial charge in [-0.3, -0.25) is 34.2 Å². The first kappa shape index (κ1) is 22.9. The predicted octanol–water partition coefficient (Wildman–Crippen LogP) is 1.73. The number of ether oxygens (including phenoxy) is 2. The molecule has 1 aromatic carbocycles. The molecule has 0 radical (unpaired) electrons. The van der Waals surface area contributed by atoms with Crippen molar-refractivity contribution in [3.05, 3.63) is 40.0 Å². The lowest BCUT2D eigenvalue weighted by Gasteiger charge is -2.14. The number of hydrogen-bond donors (Lipinski definition) is 1. The van der Waals surface area contributed by atoms with Crippen LogP contribution < -0.4 is 10.1 Å². The second kappa shape index (κ2) is 9.58. The molecule has 0 bridgehead atoms. The Morgan fingerprint density at radius 1 is 1.19 bits per heavy atom. The molecule has 11 nitrogen and oxygen atoms in total. The summed E-state index contributed by atoms with van der Waals surface area (Å²) in [5.74, 6) is -2.69. The van der Waals surface area contributed by atoms with Gasteiger partial charge in [-0.05, 0) is 25.3 Å². The Morgan fingerprint density at radius 3 is 2.38 bits per heavy atom. The first-order valence-corrected chi connectivity index (χ1v) is 10.0. The fourth-order valence-corrected chi connectivity index (χ4v) is 3.81. The number of nitrogens with one attached hydrogen (secondary N) is 1. The number of nitrogens with zero attached hydrogens (tertiary/aromatic N) is 2. The van der Waals surface area contributed by atoms with Crippen molar-refractivity contribution in [1.29, 1.82) is 0 Å². The number of fused-ring (bicyclic) bond motifs is 1. The van der Waals surface area contributed by atoms with Gasteiger partial charge in [-0.25, -0.2) is 0 Å². The van der Waals surface area contributed by atoms with E-state index in [0.29, 0.717) is 18.4 Å². The minimum absolute atomic E-state index is 0.0244. The molecule has 1 aliphatic carbocycles. The summed E-state index contributed by atoms with van der Waals surface area (Å²) < 4.78 is 9.90. The number of anilines is 1. The molecule has 2 atom stereocenters. The number of carbonyl (C=O) groups excluding carboxylic acids is 4. The Bertz CT molecular complexity index is 977. The van der Waals surface area contributed by atoms with E-state index >= 15 is 0 Å². The molecule has 170 valence electrons. The fraction of sp³-hybridized carbons (Fsp3) is 0.429. The van der Waals surface area contributed by atoms with Crippen molar-refractivity contribution in [2.45, 2.75) is 26.2 Å². The molecule has 1 saturated heterocycles. The highest BCUT2D eigenvalue weighted by atomic mass is 16.6. The van der Waals surface area contributed by atoms with Crippen LogP contribution >= 0.6 is 0 Å². The van der Waals surface area contributed by atoms with Crippen molar-refractivity contribution in [2.24, 2.45) is 11.8 Å². The first-order valence-electron chi connectivity index (χ1n) is 10.0. The van der Waals surface area contributed by atoms with Gasteiger partial charge in [0.15, 0.2) is 12.4 Å². The lowest BCUT2D eigenvalue weighted by Crippen LogP contribution is -2.33. The van der Waals surface area contributed by atoms with E-state index in [0.717, 1.165) is 4.90 Å². The number of likely N-dealkylation sites (tertiary alicyclic amines) is 1. The minimum atomic E-state index is -0.730. The third kappa shape index (κ3) is 4.76. The number of esters is 1. The van der Waals surface area contributed by atoms with Gasteiger partial charge in [0.2, 0.25) is 11.8 Å². The topological polar surface area (TPSA) is 145 Å². The molecule has 32 heavy (non-hydrogen) atoms. The van der Waals surface area contributed by atoms with E-state index in [1.54, 1.807) is 6.92 Å². The maximum Gasteiger partial charge on any atom is 0.311 e. The van der Waals surface area contributed by atoms with Crippen LogP contribution in [0.3, 0.4) is 0 Å². The molecule has 1 fully saturated rings. The SMILES string of the molecule is COc1cc(NC(=O)COC(=O)CCN2C(=O)C3CC=CCC3C2=O)c(C)cc1[N+](=O)[O-]. The summed E-state index contributed by atoms with van der Waals surface area (Å²) in [6.45, 7) is 0.893. The summed E-state index contributed by atoms with van der Waals surface area (Å²) in [6.07, 6.45) is 4.57. The molecular formula is C21H23N3O8. The van der Waals surface area contributed by atoms with Gasteiger partial charge in [0.1, 0.15) is 0 Å². The van der Waals surface area contributed by atoms with E-state index in [-0.39, 0.29) is 53.7 Å². The number of aryl methyl sites for hydroxylation is 1. The third-order valence-corrected chi connectivity index (χ3v) is 5.50. The molecule has 1 N–H and O–H groups in total. The number of allylic oxidation sites excluding steroid dienone is 2. The first-order chi connectivity index (χ1) is 15.2. The normalized spacial score (nSPS) is 19.5. The second-order valence-electron chi connectivity index (χ2n) is 7.54. The molecule has 1 aliphatic heterocycles. The Labute approximate surface area is 183 Å². The fourth-order valence-electron chi connectivity index (χ4n) is 3.81. The number of nitro groups is 1. The van der Waals surface area contributed by atoms with Gasteiger partial charge >= 0.3 is 11.7 Å². The van der Waals surface area contributed by atoms with Crippen molar-refractivity contribution in [2.75, 3.05) is 25.6 Å². The maximum atomic E-state index is 12.4. The minimum Gasteiger partial charge on any atom is -0.490 e. The maximum absolute atomic E-state index is 12.4. The van der Waals surface area contributed by atoms with Gasteiger partial charge in [0.05, 0.1) is 30.3 Å². The number of hydrogen-bond acceptors (Lipinski definition) is 8. The van der Waals surface area contributed by atoms with Gasteiger partial charge in [-0.15, -0.1) is 0 Å². The van der Waals surface area contributed by atoms with Crippen molar-refractivity contribution < 1.29 is 33.6 Å². The van der Waals surface area contributed by atoms with E-state index < -0.39 is 23.4 Å². The molecule has 1 heterocycles. The van der Waals surface area contributed by atoms with Crippen LogP contribution in [0.4, 0.5) is 11.4 Å². The summed E-state index contributed by atoms with van der Waals surface area (Å²) in [6, 6.07) is 2.57. The highest BCUT2D eigenvalue weighted by Gasteiger charge is 2.46. The average Bonchev–Trinajstić information content (AvgIpc) is 3.01. The smallest absolute Gasteiger partial charge is 0.311 e. The molecular weight excluding hydrogens is 422 g/mol. The Morgan fingerprint density at radius 2 is 1.81 bits per heavy atom. The third-order valence-electron chi connectivity index (χ3n) is 5.50. The number of imide groups is 1. The molecule has 0 saturated carbocycles. The number of methoxy groups -OCH3 is 1. The second-order valence-corrected chi connectivity index (χ2v) is 7.54. The summed E-state index contributed by atoms with van der Waals surface area (Å²) in [5, 5.41) is 13.6. The highest BCUT2D eigenvalue weighted by Crippen LogP contribution is 2.35. The number of nitro benzene ring substituents is 1. The van der Waals surface area contributed by atoms with Crippen LogP contribution in [0, 0.1) is 28.9 Å². The number of rotatable bonds is 8. The Balaban J connectivity index is 1.49. The van der Waals surface area contributed by atoms with Gasteiger partial charge in [0.25, 0.3) is 5.91 Å². The van der Waals surface area contributed by atoms with Crippen molar-refractivity contribution in [3.8, 4) is 5.75 Å². The van der Waals surface area contributed by atoms with Gasteiger partial charge in [-0.2, -0.15) is 0 Å². The van der Waals surface area contributed by atoms with Crippen molar-refractivity contribution in [1.82, 2.24) is 4.90 Å². The van der Waals surface area contributed by atoms with E-state index in [1.807, 2.05) is 12.2 Å². The Kier molecular flexibility index (Phi) is 6.86. The van der Waals surface area contributed by atoms with Crippen LogP contribution in [0.25, 0.3) is 0 Å². The molecule has 11 heteroatoms. The summed E-state index contributed by atoms with van der Waals surface area (Å²) >= 11 is 0. The highest BCUT2D eigenvalue weighted by molar-refractivity contribution is 6.05. The lowest BCUT2D eigenvalue weighted by atomic mass is 9.85. The van der Waals surface area contributed by atoms with Gasteiger partial charge < -0.3 is 14.8 Å². The zero-order chi connectivity index (χ0) is 23.4. The standard InChI is InChI=1S/C21H23N3O8/c1-12-9-16(24(29)30)17(31-2)10-15(12)22-18(25)11-32-19(26)7-8-23-20(27)13-5-3-4-6-14(13)21(23)28/h3-4,9-10,13-14H,5-8,11H2,1-2H3,(H,22,25). The van der Waals surface area contributed by atoms with Crippen LogP contribution in [0.2, 0.25) is 0 Å². The molecule has 0 aromatic heterocycles. The molecule has 2 aliphatic rings. The van der Waals surface area contributed by atoms with Gasteiger partial charge in [0, 0.05) is 24.4 Å². The van der Waals surface area contributed by atoms with Crippen LogP contribution in [0.1, 0.15) is 24.8 Å². The van der Waals surface area contributed by atoms with Crippen molar-refractivity contribution >= 4 is 35.1 Å². The van der Waals surface area contributed by atoms with E-state index in [2.05, 4.69) is 5.32 Å². The lowest BCUT2D eigenvalue weighted by molar-refractivity contribution is -0.385. The molecule has 3 rings (SSSR count). The predicted molar refractivity (Wildman–Crippen MR) is 111 cm³/mol. The van der Waals surface area contributed by atoms with E-state index in [4.69, 9.17) is 9.47 Å².